The fraction of sp³-hybridized carbons (Fsp3) is 0.429. The molecule has 1 aromatic rings. The van der Waals surface area contributed by atoms with E-state index in [0.29, 0.717) is 5.56 Å². The van der Waals surface area contributed by atoms with Gasteiger partial charge in [-0.2, -0.15) is 0 Å². The number of ketones is 1. The van der Waals surface area contributed by atoms with Gasteiger partial charge in [0, 0.05) is 5.56 Å². The summed E-state index contributed by atoms with van der Waals surface area (Å²) < 4.78 is 4.84. The Hall–Kier alpha value is -1.68. The Bertz CT molecular complexity index is 437. The van der Waals surface area contributed by atoms with Crippen LogP contribution in [0.2, 0.25) is 0 Å². The number of rotatable bonds is 7. The molecule has 0 heterocycles. The maximum absolute atomic E-state index is 12.0. The van der Waals surface area contributed by atoms with Gasteiger partial charge in [-0.05, 0) is 30.0 Å². The summed E-state index contributed by atoms with van der Waals surface area (Å²) in [5, 5.41) is 8.44. The van der Waals surface area contributed by atoms with E-state index >= 15 is 0 Å². The summed E-state index contributed by atoms with van der Waals surface area (Å²) in [6.07, 6.45) is 1.63. The molecule has 0 aromatic heterocycles. The molecule has 0 aliphatic carbocycles. The molecule has 0 fully saturated rings. The maximum Gasteiger partial charge on any atom is 0.329 e. The first kappa shape index (κ1) is 14.4. The van der Waals surface area contributed by atoms with Crippen LogP contribution in [0.4, 0.5) is 0 Å². The van der Waals surface area contributed by atoms with Crippen LogP contribution in [-0.4, -0.2) is 30.1 Å². The molecule has 0 saturated heterocycles. The third-order valence-corrected chi connectivity index (χ3v) is 2.72. The van der Waals surface area contributed by atoms with Crippen molar-refractivity contribution in [3.8, 4) is 0 Å². The summed E-state index contributed by atoms with van der Waals surface area (Å²) in [4.78, 5) is 22.3. The molecule has 4 nitrogen and oxygen atoms in total. The van der Waals surface area contributed by atoms with Crippen molar-refractivity contribution in [2.45, 2.75) is 26.7 Å². The number of carboxylic acids is 1. The number of aryl methyl sites for hydroxylation is 2. The SMILES string of the molecule is CCc1ccc(CC)c(C(=O)COCC(=O)O)c1. The second-order valence-corrected chi connectivity index (χ2v) is 4.01. The van der Waals surface area contributed by atoms with Crippen molar-refractivity contribution in [3.05, 3.63) is 34.9 Å². The van der Waals surface area contributed by atoms with Crippen LogP contribution in [0.15, 0.2) is 18.2 Å². The lowest BCUT2D eigenvalue weighted by molar-refractivity contribution is -0.141. The number of aliphatic carboxylic acids is 1. The standard InChI is InChI=1S/C14H18O4/c1-3-10-5-6-11(4-2)12(7-10)13(15)8-18-9-14(16)17/h5-7H,3-4,8-9H2,1-2H3,(H,16,17). The molecule has 4 heteroatoms. The molecule has 0 aliphatic heterocycles. The Kier molecular flexibility index (Phi) is 5.52. The molecule has 1 N–H and O–H groups in total. The third-order valence-electron chi connectivity index (χ3n) is 2.72. The van der Waals surface area contributed by atoms with Gasteiger partial charge in [0.15, 0.2) is 5.78 Å². The Balaban J connectivity index is 2.79. The van der Waals surface area contributed by atoms with Gasteiger partial charge in [-0.3, -0.25) is 4.79 Å². The molecular weight excluding hydrogens is 232 g/mol. The van der Waals surface area contributed by atoms with Gasteiger partial charge in [0.1, 0.15) is 13.2 Å². The first-order valence-corrected chi connectivity index (χ1v) is 6.03. The summed E-state index contributed by atoms with van der Waals surface area (Å²) in [5.41, 5.74) is 2.70. The molecule has 18 heavy (non-hydrogen) atoms. The topological polar surface area (TPSA) is 63.6 Å². The van der Waals surface area contributed by atoms with Crippen LogP contribution < -0.4 is 0 Å². The van der Waals surface area contributed by atoms with Gasteiger partial charge < -0.3 is 9.84 Å². The lowest BCUT2D eigenvalue weighted by Crippen LogP contribution is -2.15. The van der Waals surface area contributed by atoms with Gasteiger partial charge in [0.25, 0.3) is 0 Å². The summed E-state index contributed by atoms with van der Waals surface area (Å²) in [5.74, 6) is -1.23. The number of hydrogen-bond acceptors (Lipinski definition) is 3. The fourth-order valence-corrected chi connectivity index (χ4v) is 1.72. The molecule has 0 atom stereocenters. The van der Waals surface area contributed by atoms with Crippen molar-refractivity contribution < 1.29 is 19.4 Å². The number of carbonyl (C=O) groups excluding carboxylic acids is 1. The zero-order valence-electron chi connectivity index (χ0n) is 10.7. The molecule has 0 spiro atoms. The lowest BCUT2D eigenvalue weighted by atomic mass is 9.98. The fourth-order valence-electron chi connectivity index (χ4n) is 1.72. The molecular formula is C14H18O4. The highest BCUT2D eigenvalue weighted by Gasteiger charge is 2.12. The number of Topliss-reactive ketones (excluding diaryl/α,β-unsaturated/α-hetero) is 1. The Labute approximate surface area is 107 Å². The largest absolute Gasteiger partial charge is 0.480 e. The molecule has 0 saturated carbocycles. The first-order valence-electron chi connectivity index (χ1n) is 6.03. The van der Waals surface area contributed by atoms with Crippen molar-refractivity contribution in [3.63, 3.8) is 0 Å². The van der Waals surface area contributed by atoms with E-state index in [0.717, 1.165) is 24.0 Å². The van der Waals surface area contributed by atoms with Gasteiger partial charge in [-0.1, -0.05) is 26.0 Å². The monoisotopic (exact) mass is 250 g/mol. The van der Waals surface area contributed by atoms with Gasteiger partial charge in [-0.25, -0.2) is 4.79 Å². The van der Waals surface area contributed by atoms with Crippen LogP contribution in [0.5, 0.6) is 0 Å². The zero-order valence-corrected chi connectivity index (χ0v) is 10.7. The summed E-state index contributed by atoms with van der Waals surface area (Å²) in [7, 11) is 0. The lowest BCUT2D eigenvalue weighted by Gasteiger charge is -2.09. The summed E-state index contributed by atoms with van der Waals surface area (Å²) in [6, 6.07) is 5.82. The Morgan fingerprint density at radius 1 is 1.17 bits per heavy atom. The number of benzene rings is 1. The summed E-state index contributed by atoms with van der Waals surface area (Å²) in [6.45, 7) is 3.37. The molecule has 1 rings (SSSR count). The Morgan fingerprint density at radius 2 is 1.89 bits per heavy atom. The quantitative estimate of drug-likeness (QED) is 0.753. The van der Waals surface area contributed by atoms with Crippen LogP contribution in [0.3, 0.4) is 0 Å². The van der Waals surface area contributed by atoms with Crippen molar-refractivity contribution in [1.29, 1.82) is 0 Å². The van der Waals surface area contributed by atoms with Gasteiger partial charge in [0.2, 0.25) is 0 Å². The van der Waals surface area contributed by atoms with E-state index in [9.17, 15) is 9.59 Å². The number of ether oxygens (including phenoxy) is 1. The number of carboxylic acid groups (broad SMARTS) is 1. The van der Waals surface area contributed by atoms with E-state index in [1.165, 1.54) is 0 Å². The van der Waals surface area contributed by atoms with E-state index in [2.05, 4.69) is 0 Å². The molecule has 0 bridgehead atoms. The minimum atomic E-state index is -1.07. The zero-order chi connectivity index (χ0) is 13.5. The molecule has 0 unspecified atom stereocenters. The van der Waals surface area contributed by atoms with Crippen LogP contribution in [0, 0.1) is 0 Å². The highest BCUT2D eigenvalue weighted by atomic mass is 16.5. The van der Waals surface area contributed by atoms with E-state index in [-0.39, 0.29) is 12.4 Å². The second kappa shape index (κ2) is 6.91. The third kappa shape index (κ3) is 3.96. The van der Waals surface area contributed by atoms with E-state index in [1.807, 2.05) is 32.0 Å². The van der Waals surface area contributed by atoms with Gasteiger partial charge >= 0.3 is 5.97 Å². The predicted octanol–water partition coefficient (Wildman–Crippen LogP) is 2.10. The van der Waals surface area contributed by atoms with Gasteiger partial charge in [0.05, 0.1) is 0 Å². The van der Waals surface area contributed by atoms with Crippen molar-refractivity contribution in [2.24, 2.45) is 0 Å². The van der Waals surface area contributed by atoms with Crippen molar-refractivity contribution in [2.75, 3.05) is 13.2 Å². The highest BCUT2D eigenvalue weighted by molar-refractivity contribution is 5.98. The number of carbonyl (C=O) groups is 2. The minimum Gasteiger partial charge on any atom is -0.480 e. The Morgan fingerprint density at radius 3 is 2.44 bits per heavy atom. The molecule has 0 radical (unpaired) electrons. The number of hydrogen-bond donors (Lipinski definition) is 1. The average molecular weight is 250 g/mol. The normalized spacial score (nSPS) is 10.3. The molecule has 1 aromatic carbocycles. The van der Waals surface area contributed by atoms with Crippen molar-refractivity contribution >= 4 is 11.8 Å². The van der Waals surface area contributed by atoms with Crippen molar-refractivity contribution in [1.82, 2.24) is 0 Å². The smallest absolute Gasteiger partial charge is 0.329 e. The highest BCUT2D eigenvalue weighted by Crippen LogP contribution is 2.14. The molecule has 0 aliphatic rings. The van der Waals surface area contributed by atoms with Crippen LogP contribution in [0.1, 0.15) is 35.3 Å². The molecule has 98 valence electrons. The second-order valence-electron chi connectivity index (χ2n) is 4.01. The van der Waals surface area contributed by atoms with Crippen LogP contribution in [0.25, 0.3) is 0 Å². The first-order chi connectivity index (χ1) is 8.58. The van der Waals surface area contributed by atoms with E-state index < -0.39 is 12.6 Å². The van der Waals surface area contributed by atoms with Crippen LogP contribution in [-0.2, 0) is 22.4 Å². The summed E-state index contributed by atoms with van der Waals surface area (Å²) >= 11 is 0. The maximum atomic E-state index is 12.0. The molecule has 0 amide bonds. The average Bonchev–Trinajstić information content (AvgIpc) is 2.37. The van der Waals surface area contributed by atoms with E-state index in [4.69, 9.17) is 9.84 Å². The van der Waals surface area contributed by atoms with Crippen LogP contribution >= 0.6 is 0 Å². The minimum absolute atomic E-state index is 0.164. The van der Waals surface area contributed by atoms with E-state index in [1.54, 1.807) is 0 Å². The van der Waals surface area contributed by atoms with Gasteiger partial charge in [-0.15, -0.1) is 0 Å². The predicted molar refractivity (Wildman–Crippen MR) is 68.0 cm³/mol.